The predicted octanol–water partition coefficient (Wildman–Crippen LogP) is 2.83. The van der Waals surface area contributed by atoms with Gasteiger partial charge in [-0.1, -0.05) is 30.3 Å². The molecule has 1 aromatic carbocycles. The summed E-state index contributed by atoms with van der Waals surface area (Å²) in [4.78, 5) is 11.5. The standard InChI is InChI=1S/C18H26O5Si/c1-5-21-15(19)12-11-14-16(20)18(23-24(2,3)4)17(22-14)13-9-7-6-8-10-13/h6-12,14,16-18,20H,5H2,1-4H3/b12-11+/t14-,16+,17-,18-/m0/s1. The number of esters is 1. The van der Waals surface area contributed by atoms with Gasteiger partial charge in [-0.15, -0.1) is 0 Å². The molecule has 1 aliphatic rings. The molecule has 0 spiro atoms. The van der Waals surface area contributed by atoms with Crippen LogP contribution in [0.25, 0.3) is 0 Å². The van der Waals surface area contributed by atoms with Crippen LogP contribution in [-0.4, -0.2) is 44.3 Å². The summed E-state index contributed by atoms with van der Waals surface area (Å²) < 4.78 is 17.0. The monoisotopic (exact) mass is 350 g/mol. The van der Waals surface area contributed by atoms with E-state index in [1.807, 2.05) is 30.3 Å². The molecule has 1 N–H and O–H groups in total. The molecule has 4 atom stereocenters. The van der Waals surface area contributed by atoms with Crippen LogP contribution < -0.4 is 0 Å². The molecule has 24 heavy (non-hydrogen) atoms. The van der Waals surface area contributed by atoms with E-state index in [1.54, 1.807) is 13.0 Å². The molecular weight excluding hydrogens is 324 g/mol. The van der Waals surface area contributed by atoms with Crippen LogP contribution in [-0.2, 0) is 18.7 Å². The third-order valence-electron chi connectivity index (χ3n) is 3.60. The average molecular weight is 350 g/mol. The minimum Gasteiger partial charge on any atom is -0.463 e. The zero-order chi connectivity index (χ0) is 17.7. The Morgan fingerprint density at radius 2 is 1.96 bits per heavy atom. The van der Waals surface area contributed by atoms with Crippen LogP contribution in [0.1, 0.15) is 18.6 Å². The smallest absolute Gasteiger partial charge is 0.330 e. The number of hydrogen-bond acceptors (Lipinski definition) is 5. The maximum absolute atomic E-state index is 11.5. The lowest BCUT2D eigenvalue weighted by Gasteiger charge is -2.28. The van der Waals surface area contributed by atoms with Crippen LogP contribution in [0.15, 0.2) is 42.5 Å². The molecule has 0 radical (unpaired) electrons. The van der Waals surface area contributed by atoms with Gasteiger partial charge in [0.2, 0.25) is 0 Å². The zero-order valence-corrected chi connectivity index (χ0v) is 15.6. The third-order valence-corrected chi connectivity index (χ3v) is 4.58. The van der Waals surface area contributed by atoms with Crippen molar-refractivity contribution in [2.24, 2.45) is 0 Å². The third kappa shape index (κ3) is 5.01. The average Bonchev–Trinajstić information content (AvgIpc) is 2.82. The van der Waals surface area contributed by atoms with Crippen molar-refractivity contribution in [1.82, 2.24) is 0 Å². The molecule has 0 bridgehead atoms. The number of hydrogen-bond donors (Lipinski definition) is 1. The molecule has 2 rings (SSSR count). The van der Waals surface area contributed by atoms with Gasteiger partial charge in [-0.05, 0) is 38.2 Å². The molecule has 6 heteroatoms. The van der Waals surface area contributed by atoms with E-state index in [-0.39, 0.29) is 6.10 Å². The molecule has 132 valence electrons. The van der Waals surface area contributed by atoms with E-state index >= 15 is 0 Å². The van der Waals surface area contributed by atoms with Crippen molar-refractivity contribution < 1.29 is 23.8 Å². The van der Waals surface area contributed by atoms with Crippen LogP contribution in [0.4, 0.5) is 0 Å². The quantitative estimate of drug-likeness (QED) is 0.485. The lowest BCUT2D eigenvalue weighted by Crippen LogP contribution is -2.40. The number of ether oxygens (including phenoxy) is 2. The second kappa shape index (κ2) is 8.07. The summed E-state index contributed by atoms with van der Waals surface area (Å²) in [6, 6.07) is 9.70. The molecule has 0 amide bonds. The molecular formula is C18H26O5Si. The Morgan fingerprint density at radius 1 is 1.29 bits per heavy atom. The largest absolute Gasteiger partial charge is 0.463 e. The van der Waals surface area contributed by atoms with Gasteiger partial charge in [0.1, 0.15) is 24.4 Å². The van der Waals surface area contributed by atoms with E-state index in [0.717, 1.165) is 5.56 Å². The van der Waals surface area contributed by atoms with E-state index in [9.17, 15) is 9.90 Å². The maximum Gasteiger partial charge on any atom is 0.330 e. The Labute approximate surface area is 144 Å². The SMILES string of the molecule is CCOC(=O)/C=C/[C@@H]1O[C@@H](c2ccccc2)[C@@H](O[Si](C)(C)C)[C@@H]1O. The first kappa shape index (κ1) is 18.9. The zero-order valence-electron chi connectivity index (χ0n) is 14.6. The van der Waals surface area contributed by atoms with Crippen molar-refractivity contribution in [1.29, 1.82) is 0 Å². The van der Waals surface area contributed by atoms with E-state index in [0.29, 0.717) is 6.61 Å². The van der Waals surface area contributed by atoms with Crippen molar-refractivity contribution >= 4 is 14.3 Å². The molecule has 1 aromatic rings. The maximum atomic E-state index is 11.5. The first-order valence-electron chi connectivity index (χ1n) is 8.23. The van der Waals surface area contributed by atoms with E-state index in [1.165, 1.54) is 6.08 Å². The summed E-state index contributed by atoms with van der Waals surface area (Å²) in [6.07, 6.45) is 0.567. The summed E-state index contributed by atoms with van der Waals surface area (Å²) >= 11 is 0. The van der Waals surface area contributed by atoms with Gasteiger partial charge in [0.15, 0.2) is 8.32 Å². The first-order chi connectivity index (χ1) is 11.3. The summed E-state index contributed by atoms with van der Waals surface area (Å²) in [6.45, 7) is 8.28. The Bertz CT molecular complexity index is 567. The fourth-order valence-corrected chi connectivity index (χ4v) is 3.75. The van der Waals surface area contributed by atoms with E-state index in [2.05, 4.69) is 19.6 Å². The van der Waals surface area contributed by atoms with Crippen LogP contribution in [0.3, 0.4) is 0 Å². The summed E-state index contributed by atoms with van der Waals surface area (Å²) in [7, 11) is -1.88. The predicted molar refractivity (Wildman–Crippen MR) is 94.1 cm³/mol. The molecule has 0 aromatic heterocycles. The topological polar surface area (TPSA) is 65.0 Å². The van der Waals surface area contributed by atoms with Gasteiger partial charge in [0, 0.05) is 6.08 Å². The Balaban J connectivity index is 2.20. The Morgan fingerprint density at radius 3 is 2.54 bits per heavy atom. The minimum atomic E-state index is -1.88. The van der Waals surface area contributed by atoms with Crippen LogP contribution in [0.2, 0.25) is 19.6 Å². The fourth-order valence-electron chi connectivity index (χ4n) is 2.67. The molecule has 1 aliphatic heterocycles. The lowest BCUT2D eigenvalue weighted by molar-refractivity contribution is -0.137. The second-order valence-corrected chi connectivity index (χ2v) is 11.2. The van der Waals surface area contributed by atoms with Gasteiger partial charge >= 0.3 is 5.97 Å². The molecule has 1 fully saturated rings. The van der Waals surface area contributed by atoms with Gasteiger partial charge in [-0.25, -0.2) is 4.79 Å². The fraction of sp³-hybridized carbons (Fsp3) is 0.500. The van der Waals surface area contributed by atoms with Crippen molar-refractivity contribution in [2.45, 2.75) is 51.0 Å². The minimum absolute atomic E-state index is 0.311. The summed E-state index contributed by atoms with van der Waals surface area (Å²) in [5, 5.41) is 10.7. The van der Waals surface area contributed by atoms with E-state index < -0.39 is 32.6 Å². The molecule has 5 nitrogen and oxygen atoms in total. The highest BCUT2D eigenvalue weighted by molar-refractivity contribution is 6.69. The number of carbonyl (C=O) groups excluding carboxylic acids is 1. The van der Waals surface area contributed by atoms with Crippen molar-refractivity contribution in [3.8, 4) is 0 Å². The number of carbonyl (C=O) groups is 1. The molecule has 0 saturated carbocycles. The molecule has 0 aliphatic carbocycles. The molecule has 0 unspecified atom stereocenters. The molecule has 1 saturated heterocycles. The molecule has 1 heterocycles. The first-order valence-corrected chi connectivity index (χ1v) is 11.6. The van der Waals surface area contributed by atoms with Crippen molar-refractivity contribution in [3.05, 3.63) is 48.0 Å². The number of benzene rings is 1. The van der Waals surface area contributed by atoms with Crippen molar-refractivity contribution in [3.63, 3.8) is 0 Å². The van der Waals surface area contributed by atoms with Gasteiger partial charge in [0.05, 0.1) is 6.61 Å². The van der Waals surface area contributed by atoms with Gasteiger partial charge in [0.25, 0.3) is 0 Å². The van der Waals surface area contributed by atoms with E-state index in [4.69, 9.17) is 13.9 Å². The van der Waals surface area contributed by atoms with Gasteiger partial charge in [-0.2, -0.15) is 0 Å². The highest BCUT2D eigenvalue weighted by Crippen LogP contribution is 2.37. The lowest BCUT2D eigenvalue weighted by atomic mass is 10.0. The highest BCUT2D eigenvalue weighted by Gasteiger charge is 2.45. The Kier molecular flexibility index (Phi) is 6.34. The normalized spacial score (nSPS) is 27.5. The van der Waals surface area contributed by atoms with Crippen molar-refractivity contribution in [2.75, 3.05) is 6.61 Å². The van der Waals surface area contributed by atoms with Crippen LogP contribution >= 0.6 is 0 Å². The number of rotatable bonds is 6. The summed E-state index contributed by atoms with van der Waals surface area (Å²) in [5.41, 5.74) is 0.951. The van der Waals surface area contributed by atoms with Crippen LogP contribution in [0.5, 0.6) is 0 Å². The number of aliphatic hydroxyl groups excluding tert-OH is 1. The second-order valence-electron chi connectivity index (χ2n) is 6.73. The van der Waals surface area contributed by atoms with Gasteiger partial charge in [-0.3, -0.25) is 0 Å². The van der Waals surface area contributed by atoms with Gasteiger partial charge < -0.3 is 19.0 Å². The number of aliphatic hydroxyl groups is 1. The van der Waals surface area contributed by atoms with Crippen LogP contribution in [0, 0.1) is 0 Å². The Hall–Kier alpha value is -1.47. The highest BCUT2D eigenvalue weighted by atomic mass is 28.4. The summed E-state index contributed by atoms with van der Waals surface area (Å²) in [5.74, 6) is -0.445.